The Morgan fingerprint density at radius 1 is 1.27 bits per heavy atom. The van der Waals surface area contributed by atoms with Crippen molar-refractivity contribution in [1.29, 1.82) is 0 Å². The van der Waals surface area contributed by atoms with Crippen LogP contribution in [0.1, 0.15) is 30.9 Å². The molecule has 0 amide bonds. The Bertz CT molecular complexity index is 395. The van der Waals surface area contributed by atoms with E-state index in [4.69, 9.17) is 5.73 Å². The molecule has 3 heteroatoms. The summed E-state index contributed by atoms with van der Waals surface area (Å²) in [7, 11) is 0. The van der Waals surface area contributed by atoms with Gasteiger partial charge in [-0.2, -0.15) is 0 Å². The van der Waals surface area contributed by atoms with E-state index >= 15 is 0 Å². The van der Waals surface area contributed by atoms with Crippen molar-refractivity contribution < 1.29 is 10.2 Å². The van der Waals surface area contributed by atoms with Gasteiger partial charge in [-0.3, -0.25) is 0 Å². The summed E-state index contributed by atoms with van der Waals surface area (Å²) in [6.45, 7) is 3.72. The maximum absolute atomic E-state index is 9.90. The van der Waals surface area contributed by atoms with Crippen LogP contribution in [0.15, 0.2) is 12.1 Å². The molecule has 82 valence electrons. The van der Waals surface area contributed by atoms with Gasteiger partial charge in [0.1, 0.15) is 0 Å². The van der Waals surface area contributed by atoms with Crippen molar-refractivity contribution in [2.75, 3.05) is 0 Å². The van der Waals surface area contributed by atoms with Gasteiger partial charge in [0.25, 0.3) is 0 Å². The number of hydrogen-bond donors (Lipinski definition) is 3. The number of aromatic hydroxyl groups is 2. The summed E-state index contributed by atoms with van der Waals surface area (Å²) in [6.07, 6.45) is 1.97. The van der Waals surface area contributed by atoms with E-state index < -0.39 is 0 Å². The average molecular weight is 207 g/mol. The fourth-order valence-corrected chi connectivity index (χ4v) is 2.19. The maximum atomic E-state index is 9.90. The highest BCUT2D eigenvalue weighted by Crippen LogP contribution is 2.54. The van der Waals surface area contributed by atoms with Crippen molar-refractivity contribution in [2.24, 2.45) is 5.73 Å². The lowest BCUT2D eigenvalue weighted by Crippen LogP contribution is -2.31. The minimum Gasteiger partial charge on any atom is -0.504 e. The van der Waals surface area contributed by atoms with Gasteiger partial charge in [-0.05, 0) is 32.3 Å². The van der Waals surface area contributed by atoms with Gasteiger partial charge in [-0.15, -0.1) is 0 Å². The van der Waals surface area contributed by atoms with E-state index in [0.29, 0.717) is 5.56 Å². The minimum absolute atomic E-state index is 0.00444. The lowest BCUT2D eigenvalue weighted by molar-refractivity contribution is 0.387. The first kappa shape index (κ1) is 10.3. The third-order valence-electron chi connectivity index (χ3n) is 3.55. The predicted octanol–water partition coefficient (Wildman–Crippen LogP) is 1.79. The van der Waals surface area contributed by atoms with Crippen LogP contribution in [-0.4, -0.2) is 16.3 Å². The Balaban J connectivity index is 2.51. The van der Waals surface area contributed by atoms with Crippen LogP contribution in [0.25, 0.3) is 0 Å². The standard InChI is InChI=1S/C12H17NO2/c1-7-3-4-9(11(15)10(7)14)12(5-6-12)8(2)13/h3-4,8,14-15H,5-6,13H2,1-2H3. The van der Waals surface area contributed by atoms with E-state index in [9.17, 15) is 10.2 Å². The summed E-state index contributed by atoms with van der Waals surface area (Å²) in [6, 6.07) is 3.71. The first-order chi connectivity index (χ1) is 6.99. The van der Waals surface area contributed by atoms with Crippen molar-refractivity contribution >= 4 is 0 Å². The van der Waals surface area contributed by atoms with Crippen molar-refractivity contribution in [3.8, 4) is 11.5 Å². The van der Waals surface area contributed by atoms with E-state index in [2.05, 4.69) is 0 Å². The zero-order chi connectivity index (χ0) is 11.2. The molecule has 0 aromatic heterocycles. The van der Waals surface area contributed by atoms with Crippen LogP contribution in [0.2, 0.25) is 0 Å². The van der Waals surface area contributed by atoms with Crippen LogP contribution < -0.4 is 5.73 Å². The van der Waals surface area contributed by atoms with E-state index in [1.54, 1.807) is 6.92 Å². The lowest BCUT2D eigenvalue weighted by atomic mass is 9.88. The molecule has 1 aromatic carbocycles. The van der Waals surface area contributed by atoms with Crippen molar-refractivity contribution in [3.05, 3.63) is 23.3 Å². The number of phenols is 2. The van der Waals surface area contributed by atoms with Gasteiger partial charge < -0.3 is 15.9 Å². The Kier molecular flexibility index (Phi) is 2.15. The Morgan fingerprint density at radius 3 is 2.33 bits per heavy atom. The first-order valence-electron chi connectivity index (χ1n) is 5.26. The van der Waals surface area contributed by atoms with Gasteiger partial charge in [-0.1, -0.05) is 12.1 Å². The molecule has 1 aliphatic carbocycles. The Hall–Kier alpha value is -1.22. The van der Waals surface area contributed by atoms with Crippen molar-refractivity contribution in [2.45, 2.75) is 38.1 Å². The van der Waals surface area contributed by atoms with Gasteiger partial charge in [0.05, 0.1) is 0 Å². The second-order valence-corrected chi connectivity index (χ2v) is 4.57. The molecule has 0 saturated heterocycles. The van der Waals surface area contributed by atoms with Crippen LogP contribution in [-0.2, 0) is 5.41 Å². The number of rotatable bonds is 2. The molecule has 0 bridgehead atoms. The predicted molar refractivity (Wildman–Crippen MR) is 59.1 cm³/mol. The monoisotopic (exact) mass is 207 g/mol. The molecule has 1 unspecified atom stereocenters. The highest BCUT2D eigenvalue weighted by Gasteiger charge is 2.49. The zero-order valence-corrected chi connectivity index (χ0v) is 9.12. The number of aryl methyl sites for hydroxylation is 1. The highest BCUT2D eigenvalue weighted by atomic mass is 16.3. The Morgan fingerprint density at radius 2 is 1.87 bits per heavy atom. The van der Waals surface area contributed by atoms with E-state index in [1.807, 2.05) is 19.1 Å². The highest BCUT2D eigenvalue weighted by molar-refractivity contribution is 5.54. The number of hydrogen-bond acceptors (Lipinski definition) is 3. The fourth-order valence-electron chi connectivity index (χ4n) is 2.19. The molecule has 0 radical (unpaired) electrons. The normalized spacial score (nSPS) is 19.9. The number of benzene rings is 1. The zero-order valence-electron chi connectivity index (χ0n) is 9.12. The topological polar surface area (TPSA) is 66.5 Å². The minimum atomic E-state index is -0.116. The molecule has 4 N–H and O–H groups in total. The first-order valence-corrected chi connectivity index (χ1v) is 5.26. The SMILES string of the molecule is Cc1ccc(C2(C(C)N)CC2)c(O)c1O. The smallest absolute Gasteiger partial charge is 0.161 e. The maximum Gasteiger partial charge on any atom is 0.161 e. The molecule has 0 heterocycles. The van der Waals surface area contributed by atoms with Crippen LogP contribution >= 0.6 is 0 Å². The molecule has 1 aliphatic rings. The summed E-state index contributed by atoms with van der Waals surface area (Å²) in [5.41, 5.74) is 7.30. The molecule has 3 nitrogen and oxygen atoms in total. The third-order valence-corrected chi connectivity index (χ3v) is 3.55. The van der Waals surface area contributed by atoms with Crippen LogP contribution in [0.5, 0.6) is 11.5 Å². The second-order valence-electron chi connectivity index (χ2n) is 4.57. The van der Waals surface area contributed by atoms with Gasteiger partial charge in [0.2, 0.25) is 0 Å². The summed E-state index contributed by atoms with van der Waals surface area (Å²) in [4.78, 5) is 0. The molecule has 1 saturated carbocycles. The molecule has 1 fully saturated rings. The van der Waals surface area contributed by atoms with Gasteiger partial charge in [-0.25, -0.2) is 0 Å². The van der Waals surface area contributed by atoms with Crippen LogP contribution in [0, 0.1) is 6.92 Å². The fraction of sp³-hybridized carbons (Fsp3) is 0.500. The average Bonchev–Trinajstić information content (AvgIpc) is 2.95. The molecule has 1 aromatic rings. The molecule has 0 aliphatic heterocycles. The summed E-state index contributed by atoms with van der Waals surface area (Å²) in [5.74, 6) is -0.00998. The molecule has 15 heavy (non-hydrogen) atoms. The van der Waals surface area contributed by atoms with E-state index in [1.165, 1.54) is 0 Å². The lowest BCUT2D eigenvalue weighted by Gasteiger charge is -2.22. The van der Waals surface area contributed by atoms with Crippen LogP contribution in [0.4, 0.5) is 0 Å². The quantitative estimate of drug-likeness (QED) is 0.648. The van der Waals surface area contributed by atoms with Gasteiger partial charge >= 0.3 is 0 Å². The van der Waals surface area contributed by atoms with E-state index in [0.717, 1.165) is 18.4 Å². The van der Waals surface area contributed by atoms with Crippen LogP contribution in [0.3, 0.4) is 0 Å². The van der Waals surface area contributed by atoms with Crippen molar-refractivity contribution in [3.63, 3.8) is 0 Å². The second kappa shape index (κ2) is 3.14. The van der Waals surface area contributed by atoms with Gasteiger partial charge in [0, 0.05) is 17.0 Å². The Labute approximate surface area is 89.5 Å². The molecular formula is C12H17NO2. The van der Waals surface area contributed by atoms with Crippen molar-refractivity contribution in [1.82, 2.24) is 0 Å². The largest absolute Gasteiger partial charge is 0.504 e. The summed E-state index contributed by atoms with van der Waals surface area (Å²) in [5, 5.41) is 19.6. The number of nitrogens with two attached hydrogens (primary N) is 1. The van der Waals surface area contributed by atoms with Gasteiger partial charge in [0.15, 0.2) is 11.5 Å². The third kappa shape index (κ3) is 1.38. The molecule has 0 spiro atoms. The number of phenolic OH excluding ortho intramolecular Hbond substituents is 2. The summed E-state index contributed by atoms with van der Waals surface area (Å²) < 4.78 is 0. The molecular weight excluding hydrogens is 190 g/mol. The summed E-state index contributed by atoms with van der Waals surface area (Å²) >= 11 is 0. The molecule has 1 atom stereocenters. The van der Waals surface area contributed by atoms with E-state index in [-0.39, 0.29) is 23.0 Å². The molecule has 2 rings (SSSR count).